The monoisotopic (exact) mass is 681 g/mol. The Bertz CT molecular complexity index is 1560. The Morgan fingerprint density at radius 1 is 0.979 bits per heavy atom. The normalized spacial score (nSPS) is 19.9. The zero-order valence-electron chi connectivity index (χ0n) is 27.9. The quantitative estimate of drug-likeness (QED) is 0.338. The van der Waals surface area contributed by atoms with Crippen molar-refractivity contribution in [1.29, 1.82) is 0 Å². The van der Waals surface area contributed by atoms with Crippen LogP contribution in [0.2, 0.25) is 5.02 Å². The molecule has 0 saturated carbocycles. The van der Waals surface area contributed by atoms with E-state index in [9.17, 15) is 14.4 Å². The molecule has 1 saturated heterocycles. The van der Waals surface area contributed by atoms with Gasteiger partial charge in [-0.15, -0.1) is 11.3 Å². The number of hydrogen-bond acceptors (Lipinski definition) is 8. The third-order valence-electron chi connectivity index (χ3n) is 7.77. The van der Waals surface area contributed by atoms with Crippen molar-refractivity contribution < 1.29 is 23.9 Å². The van der Waals surface area contributed by atoms with Crippen LogP contribution in [-0.2, 0) is 9.47 Å². The third kappa shape index (κ3) is 9.03. The second-order valence-corrected chi connectivity index (χ2v) is 15.5. The molecule has 1 fully saturated rings. The number of likely N-dealkylation sites (tertiary alicyclic amines) is 1. The molecule has 0 spiro atoms. The van der Waals surface area contributed by atoms with Crippen molar-refractivity contribution in [1.82, 2.24) is 20.1 Å². The van der Waals surface area contributed by atoms with Crippen LogP contribution in [0.1, 0.15) is 70.5 Å². The molecule has 10 nitrogen and oxygen atoms in total. The Morgan fingerprint density at radius 3 is 2.32 bits per heavy atom. The molecule has 12 heteroatoms. The Balaban J connectivity index is 1.39. The number of nitrogens with zero attached hydrogens (tertiary/aromatic N) is 4. The number of rotatable bonds is 6. The van der Waals surface area contributed by atoms with Gasteiger partial charge < -0.3 is 19.7 Å². The number of carbonyl (C=O) groups excluding carboxylic acids is 3. The van der Waals surface area contributed by atoms with Crippen LogP contribution in [0, 0.1) is 5.92 Å². The number of amides is 3. The van der Waals surface area contributed by atoms with Gasteiger partial charge in [0.05, 0.1) is 16.8 Å². The maximum Gasteiger partial charge on any atom is 0.431 e. The van der Waals surface area contributed by atoms with Gasteiger partial charge in [-0.1, -0.05) is 36.2 Å². The van der Waals surface area contributed by atoms with Crippen molar-refractivity contribution in [3.63, 3.8) is 0 Å². The summed E-state index contributed by atoms with van der Waals surface area (Å²) in [6, 6.07) is 10.5. The average molecular weight is 682 g/mol. The summed E-state index contributed by atoms with van der Waals surface area (Å²) in [6.07, 6.45) is 7.73. The Hall–Kier alpha value is -3.67. The van der Waals surface area contributed by atoms with E-state index in [1.807, 2.05) is 57.2 Å². The van der Waals surface area contributed by atoms with E-state index in [0.717, 1.165) is 36.4 Å². The van der Waals surface area contributed by atoms with Crippen molar-refractivity contribution >= 4 is 46.9 Å². The molecule has 1 aliphatic carbocycles. The predicted molar refractivity (Wildman–Crippen MR) is 185 cm³/mol. The number of fused-ring (bicyclic) bond motifs is 1. The van der Waals surface area contributed by atoms with E-state index in [1.165, 1.54) is 22.8 Å². The van der Waals surface area contributed by atoms with E-state index < -0.39 is 35.3 Å². The van der Waals surface area contributed by atoms with Gasteiger partial charge in [-0.05, 0) is 109 Å². The fourth-order valence-electron chi connectivity index (χ4n) is 5.62. The number of nitrogens with one attached hydrogen (secondary N) is 1. The second-order valence-electron chi connectivity index (χ2n) is 13.9. The van der Waals surface area contributed by atoms with Gasteiger partial charge in [0.2, 0.25) is 0 Å². The van der Waals surface area contributed by atoms with E-state index in [2.05, 4.69) is 10.2 Å². The molecular formula is C35H44ClN5O5S. The Morgan fingerprint density at radius 2 is 1.66 bits per heavy atom. The van der Waals surface area contributed by atoms with E-state index >= 15 is 0 Å². The zero-order chi connectivity index (χ0) is 33.9. The number of hydrogen-bond donors (Lipinski definition) is 1. The van der Waals surface area contributed by atoms with Crippen LogP contribution in [0.5, 0.6) is 0 Å². The molecule has 1 aromatic carbocycles. The highest BCUT2D eigenvalue weighted by molar-refractivity contribution is 7.17. The van der Waals surface area contributed by atoms with Crippen LogP contribution >= 0.6 is 22.9 Å². The van der Waals surface area contributed by atoms with Crippen molar-refractivity contribution in [2.45, 2.75) is 78.0 Å². The first kappa shape index (κ1) is 34.7. The summed E-state index contributed by atoms with van der Waals surface area (Å²) in [5.41, 5.74) is -0.00827. The first-order valence-corrected chi connectivity index (χ1v) is 17.3. The highest BCUT2D eigenvalue weighted by Crippen LogP contribution is 2.33. The van der Waals surface area contributed by atoms with E-state index in [4.69, 9.17) is 26.2 Å². The number of amidine groups is 1. The summed E-state index contributed by atoms with van der Waals surface area (Å²) in [6.45, 7) is 13.8. The number of ether oxygens (including phenoxy) is 2. The molecule has 2 aromatic rings. The maximum atomic E-state index is 13.7. The standard InChI is InChI=1S/C35H44ClN5O5S/c1-34(2,3)45-32(43)40(21-20-39-18-8-7-9-19-39)30-26-15-14-25(22-27(26)41(38-30)33(44)46-35(4,5)6)37-31(42)29-17-16-28(47-29)23-10-12-24(36)13-11-23/h10-17,22,26-27H,7-9,18-21H2,1-6H3,(H,37,42). The summed E-state index contributed by atoms with van der Waals surface area (Å²) in [4.78, 5) is 45.9. The van der Waals surface area contributed by atoms with Gasteiger partial charge in [-0.3, -0.25) is 9.69 Å². The Labute approximate surface area is 286 Å². The lowest BCUT2D eigenvalue weighted by atomic mass is 9.92. The molecule has 252 valence electrons. The molecule has 2 atom stereocenters. The van der Waals surface area contributed by atoms with Crippen LogP contribution in [0.15, 0.2) is 65.4 Å². The molecule has 0 radical (unpaired) electrons. The minimum absolute atomic E-state index is 0.274. The number of carbonyl (C=O) groups is 3. The number of halogens is 1. The van der Waals surface area contributed by atoms with Gasteiger partial charge >= 0.3 is 12.2 Å². The fourth-order valence-corrected chi connectivity index (χ4v) is 6.65. The van der Waals surface area contributed by atoms with Gasteiger partial charge in [-0.25, -0.2) is 9.59 Å². The number of benzene rings is 1. The number of hydrazone groups is 1. The zero-order valence-corrected chi connectivity index (χ0v) is 29.5. The molecule has 3 aliphatic rings. The van der Waals surface area contributed by atoms with Crippen molar-refractivity contribution in [2.75, 3.05) is 26.2 Å². The number of allylic oxidation sites excluding steroid dienone is 1. The molecule has 2 aliphatic heterocycles. The summed E-state index contributed by atoms with van der Waals surface area (Å²) < 4.78 is 11.5. The van der Waals surface area contributed by atoms with Gasteiger partial charge in [0.25, 0.3) is 5.91 Å². The lowest BCUT2D eigenvalue weighted by molar-refractivity contribution is 0.0215. The lowest BCUT2D eigenvalue weighted by Crippen LogP contribution is -2.48. The fraction of sp³-hybridized carbons (Fsp3) is 0.486. The van der Waals surface area contributed by atoms with Crippen molar-refractivity contribution in [2.24, 2.45) is 11.0 Å². The summed E-state index contributed by atoms with van der Waals surface area (Å²) >= 11 is 7.41. The van der Waals surface area contributed by atoms with E-state index in [-0.39, 0.29) is 5.91 Å². The molecular weight excluding hydrogens is 638 g/mol. The second kappa shape index (κ2) is 14.2. The maximum absolute atomic E-state index is 13.7. The highest BCUT2D eigenvalue weighted by atomic mass is 35.5. The Kier molecular flexibility index (Phi) is 10.5. The van der Waals surface area contributed by atoms with Crippen LogP contribution in [-0.4, -0.2) is 82.2 Å². The smallest absolute Gasteiger partial charge is 0.431 e. The lowest BCUT2D eigenvalue weighted by Gasteiger charge is -2.33. The molecule has 3 amide bonds. The summed E-state index contributed by atoms with van der Waals surface area (Å²) in [5, 5.41) is 9.60. The number of thiophene rings is 1. The number of piperidine rings is 1. The molecule has 3 heterocycles. The molecule has 1 N–H and O–H groups in total. The van der Waals surface area contributed by atoms with Gasteiger partial charge in [0.15, 0.2) is 0 Å². The summed E-state index contributed by atoms with van der Waals surface area (Å²) in [7, 11) is 0. The largest absolute Gasteiger partial charge is 0.443 e. The molecule has 1 aromatic heterocycles. The predicted octanol–water partition coefficient (Wildman–Crippen LogP) is 7.52. The van der Waals surface area contributed by atoms with Crippen LogP contribution in [0.25, 0.3) is 10.4 Å². The van der Waals surface area contributed by atoms with Crippen LogP contribution in [0.4, 0.5) is 9.59 Å². The van der Waals surface area contributed by atoms with Gasteiger partial charge in [-0.2, -0.15) is 10.1 Å². The minimum Gasteiger partial charge on any atom is -0.443 e. The van der Waals surface area contributed by atoms with E-state index in [0.29, 0.717) is 34.5 Å². The average Bonchev–Trinajstić information content (AvgIpc) is 3.63. The molecule has 47 heavy (non-hydrogen) atoms. The first-order chi connectivity index (χ1) is 22.2. The molecule has 5 rings (SSSR count). The molecule has 0 bridgehead atoms. The third-order valence-corrected chi connectivity index (χ3v) is 9.15. The van der Waals surface area contributed by atoms with E-state index in [1.54, 1.807) is 43.9 Å². The van der Waals surface area contributed by atoms with Crippen molar-refractivity contribution in [3.05, 3.63) is 70.2 Å². The minimum atomic E-state index is -0.768. The first-order valence-electron chi connectivity index (χ1n) is 16.1. The van der Waals surface area contributed by atoms with Crippen LogP contribution in [0.3, 0.4) is 0 Å². The highest BCUT2D eigenvalue weighted by Gasteiger charge is 2.45. The summed E-state index contributed by atoms with van der Waals surface area (Å²) in [5.74, 6) is -0.337. The van der Waals surface area contributed by atoms with Gasteiger partial charge in [0.1, 0.15) is 17.0 Å². The topological polar surface area (TPSA) is 104 Å². The van der Waals surface area contributed by atoms with Gasteiger partial charge in [0, 0.05) is 28.7 Å². The molecule has 2 unspecified atom stereocenters. The SMILES string of the molecule is CC(C)(C)OC(=O)N(CCN1CCCCC1)C1=NN(C(=O)OC(C)(C)C)C2C=C(NC(=O)c3ccc(-c4ccc(Cl)cc4)s3)C=CC12. The van der Waals surface area contributed by atoms with Crippen molar-refractivity contribution in [3.8, 4) is 10.4 Å². The van der Waals surface area contributed by atoms with Crippen LogP contribution < -0.4 is 5.32 Å².